The molecule has 0 saturated carbocycles. The SMILES string of the molecule is CN(CCCCCn1nnc(-c2ccccc2)n1)Cc1ccc(OC(F)F)cc1. The number of hydrogen-bond donors (Lipinski definition) is 0. The van der Waals surface area contributed by atoms with Crippen molar-refractivity contribution in [2.24, 2.45) is 0 Å². The van der Waals surface area contributed by atoms with Crippen molar-refractivity contribution in [2.45, 2.75) is 39.0 Å². The summed E-state index contributed by atoms with van der Waals surface area (Å²) in [5.74, 6) is 0.832. The summed E-state index contributed by atoms with van der Waals surface area (Å²) < 4.78 is 28.7. The van der Waals surface area contributed by atoms with Gasteiger partial charge in [-0.3, -0.25) is 0 Å². The number of aromatic nitrogens is 4. The normalized spacial score (nSPS) is 11.3. The van der Waals surface area contributed by atoms with Gasteiger partial charge in [0.15, 0.2) is 0 Å². The van der Waals surface area contributed by atoms with Crippen molar-refractivity contribution >= 4 is 0 Å². The Balaban J connectivity index is 1.33. The molecule has 0 N–H and O–H groups in total. The second-order valence-electron chi connectivity index (χ2n) is 6.90. The Hall–Kier alpha value is -2.87. The largest absolute Gasteiger partial charge is 0.435 e. The molecule has 3 rings (SSSR count). The zero-order valence-corrected chi connectivity index (χ0v) is 16.4. The second-order valence-corrected chi connectivity index (χ2v) is 6.90. The van der Waals surface area contributed by atoms with Gasteiger partial charge in [-0.25, -0.2) is 0 Å². The van der Waals surface area contributed by atoms with E-state index in [9.17, 15) is 8.78 Å². The third-order valence-corrected chi connectivity index (χ3v) is 4.48. The van der Waals surface area contributed by atoms with Crippen LogP contribution in [0.2, 0.25) is 0 Å². The van der Waals surface area contributed by atoms with Gasteiger partial charge in [0.25, 0.3) is 0 Å². The molecule has 0 unspecified atom stereocenters. The highest BCUT2D eigenvalue weighted by molar-refractivity contribution is 5.52. The van der Waals surface area contributed by atoms with E-state index in [1.165, 1.54) is 0 Å². The Morgan fingerprint density at radius 1 is 1.00 bits per heavy atom. The van der Waals surface area contributed by atoms with Crippen LogP contribution in [0.25, 0.3) is 11.4 Å². The molecular formula is C21H25F2N5O. The molecule has 0 aliphatic rings. The molecule has 0 amide bonds. The van der Waals surface area contributed by atoms with Crippen LogP contribution in [0.3, 0.4) is 0 Å². The van der Waals surface area contributed by atoms with Gasteiger partial charge in [0, 0.05) is 12.1 Å². The van der Waals surface area contributed by atoms with Crippen molar-refractivity contribution in [3.05, 3.63) is 60.2 Å². The first-order valence-corrected chi connectivity index (χ1v) is 9.65. The number of halogens is 2. The summed E-state index contributed by atoms with van der Waals surface area (Å²) in [6, 6.07) is 16.6. The molecule has 2 aromatic carbocycles. The van der Waals surface area contributed by atoms with Crippen LogP contribution in [0.5, 0.6) is 5.75 Å². The van der Waals surface area contributed by atoms with Gasteiger partial charge in [0.2, 0.25) is 5.82 Å². The van der Waals surface area contributed by atoms with Crippen molar-refractivity contribution < 1.29 is 13.5 Å². The molecule has 0 aliphatic heterocycles. The summed E-state index contributed by atoms with van der Waals surface area (Å²) >= 11 is 0. The number of tetrazole rings is 1. The molecule has 6 nitrogen and oxygen atoms in total. The highest BCUT2D eigenvalue weighted by Crippen LogP contribution is 2.16. The number of unbranched alkanes of at least 4 members (excludes halogenated alkanes) is 2. The topological polar surface area (TPSA) is 56.1 Å². The molecule has 154 valence electrons. The van der Waals surface area contributed by atoms with Crippen molar-refractivity contribution in [1.29, 1.82) is 0 Å². The van der Waals surface area contributed by atoms with Crippen LogP contribution < -0.4 is 4.74 Å². The Kier molecular flexibility index (Phi) is 7.63. The van der Waals surface area contributed by atoms with Crippen LogP contribution in [0.15, 0.2) is 54.6 Å². The lowest BCUT2D eigenvalue weighted by atomic mass is 10.2. The first kappa shape index (κ1) is 20.9. The van der Waals surface area contributed by atoms with Gasteiger partial charge in [-0.15, -0.1) is 10.2 Å². The van der Waals surface area contributed by atoms with Crippen molar-refractivity contribution in [2.75, 3.05) is 13.6 Å². The van der Waals surface area contributed by atoms with Gasteiger partial charge in [-0.1, -0.05) is 48.9 Å². The summed E-state index contributed by atoms with van der Waals surface area (Å²) in [7, 11) is 2.05. The number of hydrogen-bond acceptors (Lipinski definition) is 5. The number of nitrogens with zero attached hydrogens (tertiary/aromatic N) is 5. The Morgan fingerprint density at radius 3 is 2.48 bits per heavy atom. The third kappa shape index (κ3) is 6.90. The monoisotopic (exact) mass is 401 g/mol. The molecule has 3 aromatic rings. The lowest BCUT2D eigenvalue weighted by molar-refractivity contribution is -0.0498. The Labute approximate surface area is 169 Å². The van der Waals surface area contributed by atoms with Gasteiger partial charge in [0.05, 0.1) is 6.54 Å². The van der Waals surface area contributed by atoms with E-state index < -0.39 is 6.61 Å². The second kappa shape index (κ2) is 10.6. The molecular weight excluding hydrogens is 376 g/mol. The number of ether oxygens (including phenoxy) is 1. The molecule has 0 atom stereocenters. The molecule has 0 spiro atoms. The van der Waals surface area contributed by atoms with E-state index in [2.05, 4.69) is 32.1 Å². The van der Waals surface area contributed by atoms with Crippen molar-refractivity contribution in [1.82, 2.24) is 25.1 Å². The molecule has 0 fully saturated rings. The number of alkyl halides is 2. The summed E-state index contributed by atoms with van der Waals surface area (Å²) in [6.45, 7) is -0.328. The van der Waals surface area contributed by atoms with E-state index in [1.54, 1.807) is 16.9 Å². The average molecular weight is 401 g/mol. The maximum Gasteiger partial charge on any atom is 0.387 e. The first-order valence-electron chi connectivity index (χ1n) is 9.65. The summed E-state index contributed by atoms with van der Waals surface area (Å²) in [5, 5.41) is 12.6. The van der Waals surface area contributed by atoms with Crippen molar-refractivity contribution in [3.63, 3.8) is 0 Å². The van der Waals surface area contributed by atoms with E-state index in [0.717, 1.165) is 50.0 Å². The fraction of sp³-hybridized carbons (Fsp3) is 0.381. The number of rotatable bonds is 11. The van der Waals surface area contributed by atoms with Crippen LogP contribution in [-0.2, 0) is 13.1 Å². The van der Waals surface area contributed by atoms with Crippen LogP contribution in [0.1, 0.15) is 24.8 Å². The number of benzene rings is 2. The highest BCUT2D eigenvalue weighted by Gasteiger charge is 2.06. The predicted molar refractivity (Wildman–Crippen MR) is 107 cm³/mol. The molecule has 8 heteroatoms. The fourth-order valence-corrected chi connectivity index (χ4v) is 3.02. The minimum atomic E-state index is -2.79. The molecule has 0 bridgehead atoms. The third-order valence-electron chi connectivity index (χ3n) is 4.48. The minimum Gasteiger partial charge on any atom is -0.435 e. The smallest absolute Gasteiger partial charge is 0.387 e. The van der Waals surface area contributed by atoms with E-state index in [-0.39, 0.29) is 5.75 Å². The summed E-state index contributed by atoms with van der Waals surface area (Å²) in [6.07, 6.45) is 3.11. The van der Waals surface area contributed by atoms with E-state index >= 15 is 0 Å². The molecule has 0 radical (unpaired) electrons. The zero-order chi connectivity index (χ0) is 20.5. The van der Waals surface area contributed by atoms with E-state index in [1.807, 2.05) is 42.5 Å². The molecule has 1 heterocycles. The standard InChI is InChI=1S/C21H25F2N5O/c1-27(16-17-10-12-19(13-11-17)29-21(22)23)14-6-3-7-15-28-25-20(24-26-28)18-8-4-2-5-9-18/h2,4-5,8-13,21H,3,6-7,14-16H2,1H3. The predicted octanol–water partition coefficient (Wildman–Crippen LogP) is 4.24. The minimum absolute atomic E-state index is 0.184. The maximum atomic E-state index is 12.2. The highest BCUT2D eigenvalue weighted by atomic mass is 19.3. The van der Waals surface area contributed by atoms with Crippen molar-refractivity contribution in [3.8, 4) is 17.1 Å². The van der Waals surface area contributed by atoms with Crippen LogP contribution in [-0.4, -0.2) is 45.3 Å². The fourth-order valence-electron chi connectivity index (χ4n) is 3.02. The first-order chi connectivity index (χ1) is 14.1. The molecule has 0 saturated heterocycles. The Bertz CT molecular complexity index is 855. The lowest BCUT2D eigenvalue weighted by Crippen LogP contribution is -2.19. The van der Waals surface area contributed by atoms with Gasteiger partial charge in [0.1, 0.15) is 5.75 Å². The van der Waals surface area contributed by atoms with Gasteiger partial charge < -0.3 is 9.64 Å². The number of aryl methyl sites for hydroxylation is 1. The van der Waals surface area contributed by atoms with E-state index in [0.29, 0.717) is 5.82 Å². The lowest BCUT2D eigenvalue weighted by Gasteiger charge is -2.16. The van der Waals surface area contributed by atoms with Gasteiger partial charge >= 0.3 is 6.61 Å². The quantitative estimate of drug-likeness (QED) is 0.450. The van der Waals surface area contributed by atoms with Gasteiger partial charge in [-0.05, 0) is 49.3 Å². The summed E-state index contributed by atoms with van der Waals surface area (Å²) in [4.78, 5) is 3.86. The molecule has 1 aromatic heterocycles. The van der Waals surface area contributed by atoms with E-state index in [4.69, 9.17) is 0 Å². The van der Waals surface area contributed by atoms with Gasteiger partial charge in [-0.2, -0.15) is 13.6 Å². The Morgan fingerprint density at radius 2 is 1.76 bits per heavy atom. The zero-order valence-electron chi connectivity index (χ0n) is 16.4. The molecule has 29 heavy (non-hydrogen) atoms. The van der Waals surface area contributed by atoms with Crippen LogP contribution in [0, 0.1) is 0 Å². The average Bonchev–Trinajstić information content (AvgIpc) is 3.18. The molecule has 0 aliphatic carbocycles. The summed E-state index contributed by atoms with van der Waals surface area (Å²) in [5.41, 5.74) is 2.03. The van der Waals surface area contributed by atoms with Crippen LogP contribution in [0.4, 0.5) is 8.78 Å². The maximum absolute atomic E-state index is 12.2. The van der Waals surface area contributed by atoms with Crippen LogP contribution >= 0.6 is 0 Å².